The van der Waals surface area contributed by atoms with Crippen molar-refractivity contribution in [2.45, 2.75) is 6.92 Å². The summed E-state index contributed by atoms with van der Waals surface area (Å²) in [6, 6.07) is 10.1. The predicted molar refractivity (Wildman–Crippen MR) is 85.2 cm³/mol. The average molecular weight is 374 g/mol. The summed E-state index contributed by atoms with van der Waals surface area (Å²) >= 11 is 15.5. The molecule has 0 saturated heterocycles. The lowest BCUT2D eigenvalue weighted by Gasteiger charge is -2.09. The molecule has 2 nitrogen and oxygen atoms in total. The molecule has 20 heavy (non-hydrogen) atoms. The summed E-state index contributed by atoms with van der Waals surface area (Å²) in [4.78, 5) is 12.5. The molecule has 0 N–H and O–H groups in total. The maximum atomic E-state index is 12.5. The fourth-order valence-corrected chi connectivity index (χ4v) is 2.84. The fourth-order valence-electron chi connectivity index (χ4n) is 1.77. The molecule has 0 spiro atoms. The summed E-state index contributed by atoms with van der Waals surface area (Å²) in [5.41, 5.74) is 0.808. The van der Waals surface area contributed by atoms with E-state index in [2.05, 4.69) is 15.9 Å². The van der Waals surface area contributed by atoms with Crippen molar-refractivity contribution in [2.24, 2.45) is 0 Å². The van der Waals surface area contributed by atoms with Crippen LogP contribution in [0.4, 0.5) is 0 Å². The quantitative estimate of drug-likeness (QED) is 0.672. The summed E-state index contributed by atoms with van der Waals surface area (Å²) in [6.45, 7) is 2.46. The number of carbonyl (C=O) groups excluding carboxylic acids is 1. The number of carbonyl (C=O) groups is 1. The first-order chi connectivity index (χ1) is 9.54. The van der Waals surface area contributed by atoms with Gasteiger partial charge in [0, 0.05) is 5.56 Å². The molecule has 0 radical (unpaired) electrons. The van der Waals surface area contributed by atoms with Gasteiger partial charge in [0.1, 0.15) is 5.75 Å². The number of hydrogen-bond acceptors (Lipinski definition) is 2. The minimum Gasteiger partial charge on any atom is -0.493 e. The van der Waals surface area contributed by atoms with Gasteiger partial charge in [-0.3, -0.25) is 4.79 Å². The Balaban J connectivity index is 2.41. The van der Waals surface area contributed by atoms with E-state index in [1.54, 1.807) is 36.4 Å². The highest BCUT2D eigenvalue weighted by molar-refractivity contribution is 9.10. The summed E-state index contributed by atoms with van der Waals surface area (Å²) in [6.07, 6.45) is 0. The molecular weight excluding hydrogens is 363 g/mol. The van der Waals surface area contributed by atoms with Gasteiger partial charge in [-0.05, 0) is 53.2 Å². The highest BCUT2D eigenvalue weighted by atomic mass is 79.9. The molecule has 2 aromatic carbocycles. The zero-order chi connectivity index (χ0) is 14.7. The minimum atomic E-state index is -0.218. The van der Waals surface area contributed by atoms with Gasteiger partial charge in [-0.25, -0.2) is 0 Å². The smallest absolute Gasteiger partial charge is 0.196 e. The Bertz CT molecular complexity index is 636. The van der Waals surface area contributed by atoms with Crippen LogP contribution < -0.4 is 4.74 Å². The van der Waals surface area contributed by atoms with Crippen LogP contribution in [0.1, 0.15) is 22.8 Å². The van der Waals surface area contributed by atoms with Crippen LogP contribution in [0.15, 0.2) is 40.9 Å². The molecular formula is C15H11BrCl2O2. The van der Waals surface area contributed by atoms with Crippen molar-refractivity contribution in [3.8, 4) is 5.75 Å². The Hall–Kier alpha value is -1.03. The molecule has 2 aromatic rings. The Morgan fingerprint density at radius 3 is 2.40 bits per heavy atom. The maximum Gasteiger partial charge on any atom is 0.196 e. The topological polar surface area (TPSA) is 26.3 Å². The van der Waals surface area contributed by atoms with E-state index in [1.807, 2.05) is 6.92 Å². The largest absolute Gasteiger partial charge is 0.493 e. The number of rotatable bonds is 4. The number of halogens is 3. The standard InChI is InChI=1S/C15H11BrCl2O2/c1-2-20-13-7-6-9(8-10(13)16)15(19)14-11(17)4-3-5-12(14)18/h3-8H,2H2,1H3. The van der Waals surface area contributed by atoms with E-state index in [4.69, 9.17) is 27.9 Å². The van der Waals surface area contributed by atoms with Crippen LogP contribution in [0.25, 0.3) is 0 Å². The zero-order valence-electron chi connectivity index (χ0n) is 10.6. The minimum absolute atomic E-state index is 0.218. The van der Waals surface area contributed by atoms with Crippen LogP contribution >= 0.6 is 39.1 Å². The van der Waals surface area contributed by atoms with Gasteiger partial charge in [0.25, 0.3) is 0 Å². The lowest BCUT2D eigenvalue weighted by Crippen LogP contribution is -2.04. The maximum absolute atomic E-state index is 12.5. The van der Waals surface area contributed by atoms with Gasteiger partial charge in [0.15, 0.2) is 5.78 Å². The number of benzene rings is 2. The third kappa shape index (κ3) is 3.17. The second-order valence-electron chi connectivity index (χ2n) is 4.00. The summed E-state index contributed by atoms with van der Waals surface area (Å²) in [5, 5.41) is 0.681. The van der Waals surface area contributed by atoms with E-state index >= 15 is 0 Å². The molecule has 0 aliphatic carbocycles. The number of ketones is 1. The zero-order valence-corrected chi connectivity index (χ0v) is 13.7. The first-order valence-electron chi connectivity index (χ1n) is 5.95. The second kappa shape index (κ2) is 6.61. The molecule has 104 valence electrons. The van der Waals surface area contributed by atoms with E-state index in [0.29, 0.717) is 38.0 Å². The molecule has 0 heterocycles. The molecule has 5 heteroatoms. The van der Waals surface area contributed by atoms with Gasteiger partial charge < -0.3 is 4.74 Å². The van der Waals surface area contributed by atoms with Crippen molar-refractivity contribution in [3.05, 3.63) is 62.0 Å². The van der Waals surface area contributed by atoms with Crippen molar-refractivity contribution in [1.82, 2.24) is 0 Å². The van der Waals surface area contributed by atoms with E-state index in [0.717, 1.165) is 0 Å². The average Bonchev–Trinajstić information content (AvgIpc) is 2.41. The summed E-state index contributed by atoms with van der Waals surface area (Å²) in [5.74, 6) is 0.471. The molecule has 0 bridgehead atoms. The number of ether oxygens (including phenoxy) is 1. The Morgan fingerprint density at radius 1 is 1.20 bits per heavy atom. The molecule has 0 aliphatic heterocycles. The van der Waals surface area contributed by atoms with Crippen molar-refractivity contribution >= 4 is 44.9 Å². The molecule has 0 aromatic heterocycles. The van der Waals surface area contributed by atoms with Crippen molar-refractivity contribution < 1.29 is 9.53 Å². The molecule has 0 fully saturated rings. The lowest BCUT2D eigenvalue weighted by atomic mass is 10.0. The normalized spacial score (nSPS) is 10.4. The van der Waals surface area contributed by atoms with E-state index in [-0.39, 0.29) is 5.78 Å². The van der Waals surface area contributed by atoms with Crippen LogP contribution in [-0.4, -0.2) is 12.4 Å². The molecule has 2 rings (SSSR count). The molecule has 0 atom stereocenters. The predicted octanol–water partition coefficient (Wildman–Crippen LogP) is 5.39. The SMILES string of the molecule is CCOc1ccc(C(=O)c2c(Cl)cccc2Cl)cc1Br. The first-order valence-corrected chi connectivity index (χ1v) is 7.50. The summed E-state index contributed by atoms with van der Waals surface area (Å²) in [7, 11) is 0. The lowest BCUT2D eigenvalue weighted by molar-refractivity contribution is 0.103. The monoisotopic (exact) mass is 372 g/mol. The molecule has 0 unspecified atom stereocenters. The van der Waals surface area contributed by atoms with Crippen LogP contribution in [0.5, 0.6) is 5.75 Å². The highest BCUT2D eigenvalue weighted by Gasteiger charge is 2.17. The van der Waals surface area contributed by atoms with Gasteiger partial charge in [0.05, 0.1) is 26.7 Å². The van der Waals surface area contributed by atoms with Gasteiger partial charge in [0.2, 0.25) is 0 Å². The molecule has 0 saturated carbocycles. The van der Waals surface area contributed by atoms with Gasteiger partial charge in [-0.1, -0.05) is 29.3 Å². The van der Waals surface area contributed by atoms with Crippen LogP contribution in [0, 0.1) is 0 Å². The van der Waals surface area contributed by atoms with Gasteiger partial charge in [-0.15, -0.1) is 0 Å². The second-order valence-corrected chi connectivity index (χ2v) is 5.67. The Labute approximate surface area is 135 Å². The third-order valence-electron chi connectivity index (χ3n) is 2.68. The van der Waals surface area contributed by atoms with Crippen molar-refractivity contribution in [1.29, 1.82) is 0 Å². The number of hydrogen-bond donors (Lipinski definition) is 0. The van der Waals surface area contributed by atoms with Crippen LogP contribution in [-0.2, 0) is 0 Å². The van der Waals surface area contributed by atoms with Crippen molar-refractivity contribution in [3.63, 3.8) is 0 Å². The first kappa shape index (κ1) is 15.4. The fraction of sp³-hybridized carbons (Fsp3) is 0.133. The Morgan fingerprint density at radius 2 is 1.85 bits per heavy atom. The molecule has 0 amide bonds. The van der Waals surface area contributed by atoms with E-state index in [1.165, 1.54) is 0 Å². The third-order valence-corrected chi connectivity index (χ3v) is 3.93. The summed E-state index contributed by atoms with van der Waals surface area (Å²) < 4.78 is 6.13. The molecule has 0 aliphatic rings. The van der Waals surface area contributed by atoms with Crippen molar-refractivity contribution in [2.75, 3.05) is 6.61 Å². The van der Waals surface area contributed by atoms with Crippen LogP contribution in [0.2, 0.25) is 10.0 Å². The van der Waals surface area contributed by atoms with E-state index < -0.39 is 0 Å². The van der Waals surface area contributed by atoms with E-state index in [9.17, 15) is 4.79 Å². The van der Waals surface area contributed by atoms with Crippen LogP contribution in [0.3, 0.4) is 0 Å². The highest BCUT2D eigenvalue weighted by Crippen LogP contribution is 2.30. The Kier molecular flexibility index (Phi) is 5.08. The van der Waals surface area contributed by atoms with Gasteiger partial charge >= 0.3 is 0 Å². The van der Waals surface area contributed by atoms with Gasteiger partial charge in [-0.2, -0.15) is 0 Å².